The van der Waals surface area contributed by atoms with Gasteiger partial charge in [0.15, 0.2) is 5.58 Å². The maximum atomic E-state index is 6.93. The molecule has 0 saturated carbocycles. The molecule has 0 atom stereocenters. The SMILES string of the molecule is c1ccc(-c2ccc(N(c3cc(-c4ccccc4)cc(-c4ccccc4)c3)c3cc4ccccc4c4oc5cc(-c6nc7ccccc7o6)ccc5c34)cc2)cc1. The topological polar surface area (TPSA) is 42.4 Å². The van der Waals surface area contributed by atoms with Gasteiger partial charge in [-0.05, 0) is 105 Å². The van der Waals surface area contributed by atoms with Gasteiger partial charge in [-0.1, -0.05) is 140 Å². The van der Waals surface area contributed by atoms with E-state index in [0.717, 1.165) is 94.3 Å². The maximum absolute atomic E-state index is 6.93. The van der Waals surface area contributed by atoms with Crippen LogP contribution in [0, 0.1) is 0 Å². The lowest BCUT2D eigenvalue weighted by Crippen LogP contribution is -2.11. The minimum atomic E-state index is 0.565. The molecular formula is C53H34N2O2. The molecule has 0 aliphatic rings. The summed E-state index contributed by atoms with van der Waals surface area (Å²) in [6.45, 7) is 0. The van der Waals surface area contributed by atoms with E-state index in [1.54, 1.807) is 0 Å². The standard InChI is InChI=1S/C53H34N2O2/c1-4-14-35(15-5-1)38-24-27-43(28-25-38)55(44-31-41(36-16-6-2-7-17-36)30-42(32-44)37-18-8-3-9-19-37)48-33-39-20-10-11-21-45(39)52-51(48)46-29-26-40(34-50(46)56-52)53-54-47-22-12-13-23-49(47)57-53/h1-34H. The van der Waals surface area contributed by atoms with Crippen LogP contribution in [0.25, 0.3) is 88.6 Å². The van der Waals surface area contributed by atoms with Crippen LogP contribution in [0.5, 0.6) is 0 Å². The van der Waals surface area contributed by atoms with Gasteiger partial charge in [-0.15, -0.1) is 0 Å². The Balaban J connectivity index is 1.19. The summed E-state index contributed by atoms with van der Waals surface area (Å²) in [5.41, 5.74) is 14.1. The van der Waals surface area contributed by atoms with Gasteiger partial charge in [-0.25, -0.2) is 4.98 Å². The third-order valence-corrected chi connectivity index (χ3v) is 10.8. The van der Waals surface area contributed by atoms with Gasteiger partial charge in [-0.3, -0.25) is 0 Å². The first kappa shape index (κ1) is 32.7. The summed E-state index contributed by atoms with van der Waals surface area (Å²) in [4.78, 5) is 7.19. The Bertz CT molecular complexity index is 3130. The molecule has 0 saturated heterocycles. The predicted molar refractivity (Wildman–Crippen MR) is 235 cm³/mol. The summed E-state index contributed by atoms with van der Waals surface area (Å²) in [6, 6.07) is 72.5. The second-order valence-electron chi connectivity index (χ2n) is 14.4. The fourth-order valence-electron chi connectivity index (χ4n) is 8.09. The second kappa shape index (κ2) is 13.6. The molecule has 4 nitrogen and oxygen atoms in total. The van der Waals surface area contributed by atoms with Gasteiger partial charge in [0.2, 0.25) is 5.89 Å². The van der Waals surface area contributed by atoms with Crippen molar-refractivity contribution in [1.29, 1.82) is 0 Å². The van der Waals surface area contributed by atoms with Crippen molar-refractivity contribution in [2.24, 2.45) is 0 Å². The van der Waals surface area contributed by atoms with Crippen LogP contribution >= 0.6 is 0 Å². The quantitative estimate of drug-likeness (QED) is 0.164. The zero-order valence-corrected chi connectivity index (χ0v) is 30.8. The molecule has 0 amide bonds. The van der Waals surface area contributed by atoms with Crippen molar-refractivity contribution >= 4 is 60.9 Å². The number of benzene rings is 9. The Morgan fingerprint density at radius 1 is 0.368 bits per heavy atom. The molecule has 11 rings (SSSR count). The first-order valence-corrected chi connectivity index (χ1v) is 19.2. The van der Waals surface area contributed by atoms with E-state index in [1.807, 2.05) is 24.3 Å². The summed E-state index contributed by atoms with van der Waals surface area (Å²) in [5, 5.41) is 4.19. The predicted octanol–water partition coefficient (Wildman–Crippen LogP) is 15.0. The zero-order valence-electron chi connectivity index (χ0n) is 30.8. The van der Waals surface area contributed by atoms with Gasteiger partial charge in [0.25, 0.3) is 0 Å². The average Bonchev–Trinajstić information content (AvgIpc) is 3.90. The van der Waals surface area contributed by atoms with Crippen molar-refractivity contribution in [2.45, 2.75) is 0 Å². The molecule has 2 heterocycles. The maximum Gasteiger partial charge on any atom is 0.227 e. The average molecular weight is 731 g/mol. The van der Waals surface area contributed by atoms with E-state index in [1.165, 1.54) is 5.56 Å². The Labute approximate surface area is 329 Å². The van der Waals surface area contributed by atoms with Crippen LogP contribution in [0.4, 0.5) is 17.1 Å². The second-order valence-corrected chi connectivity index (χ2v) is 14.4. The minimum absolute atomic E-state index is 0.565. The summed E-state index contributed by atoms with van der Waals surface area (Å²) in [6.07, 6.45) is 0. The van der Waals surface area contributed by atoms with Crippen molar-refractivity contribution in [2.75, 3.05) is 4.90 Å². The lowest BCUT2D eigenvalue weighted by molar-refractivity contribution is 0.619. The number of hydrogen-bond acceptors (Lipinski definition) is 4. The molecule has 268 valence electrons. The van der Waals surface area contributed by atoms with E-state index in [2.05, 4.69) is 187 Å². The molecule has 0 N–H and O–H groups in total. The van der Waals surface area contributed by atoms with Gasteiger partial charge in [0.1, 0.15) is 16.7 Å². The highest BCUT2D eigenvalue weighted by Crippen LogP contribution is 2.48. The smallest absolute Gasteiger partial charge is 0.227 e. The summed E-state index contributed by atoms with van der Waals surface area (Å²) in [7, 11) is 0. The number of oxazole rings is 1. The third kappa shape index (κ3) is 5.83. The molecule has 0 unspecified atom stereocenters. The van der Waals surface area contributed by atoms with Crippen molar-refractivity contribution in [3.8, 4) is 44.8 Å². The van der Waals surface area contributed by atoms with Crippen LogP contribution in [0.15, 0.2) is 215 Å². The zero-order chi connectivity index (χ0) is 37.7. The van der Waals surface area contributed by atoms with Crippen molar-refractivity contribution < 1.29 is 8.83 Å². The lowest BCUT2D eigenvalue weighted by Gasteiger charge is -2.28. The van der Waals surface area contributed by atoms with Gasteiger partial charge < -0.3 is 13.7 Å². The van der Waals surface area contributed by atoms with Crippen LogP contribution in [-0.4, -0.2) is 4.98 Å². The summed E-state index contributed by atoms with van der Waals surface area (Å²) in [5.74, 6) is 0.565. The number of fused-ring (bicyclic) bond motifs is 6. The molecule has 11 aromatic rings. The molecule has 4 heteroatoms. The number of para-hydroxylation sites is 2. The summed E-state index contributed by atoms with van der Waals surface area (Å²) < 4.78 is 13.1. The lowest BCUT2D eigenvalue weighted by atomic mass is 9.96. The molecule has 0 fully saturated rings. The van der Waals surface area contributed by atoms with Gasteiger partial charge in [0.05, 0.1) is 11.1 Å². The number of anilines is 3. The van der Waals surface area contributed by atoms with Crippen molar-refractivity contribution in [3.63, 3.8) is 0 Å². The Morgan fingerprint density at radius 3 is 1.63 bits per heavy atom. The molecule has 0 radical (unpaired) electrons. The Hall–Kier alpha value is -7.69. The molecule has 0 aliphatic heterocycles. The Kier molecular flexibility index (Phi) is 7.78. The molecule has 57 heavy (non-hydrogen) atoms. The van der Waals surface area contributed by atoms with E-state index in [-0.39, 0.29) is 0 Å². The number of aromatic nitrogens is 1. The van der Waals surface area contributed by atoms with E-state index >= 15 is 0 Å². The van der Waals surface area contributed by atoms with E-state index in [4.69, 9.17) is 13.8 Å². The highest BCUT2D eigenvalue weighted by atomic mass is 16.3. The van der Waals surface area contributed by atoms with Crippen LogP contribution in [-0.2, 0) is 0 Å². The monoisotopic (exact) mass is 730 g/mol. The van der Waals surface area contributed by atoms with Crippen molar-refractivity contribution in [3.05, 3.63) is 206 Å². The first-order valence-electron chi connectivity index (χ1n) is 19.2. The van der Waals surface area contributed by atoms with Crippen molar-refractivity contribution in [1.82, 2.24) is 4.98 Å². The third-order valence-electron chi connectivity index (χ3n) is 10.8. The van der Waals surface area contributed by atoms with Crippen LogP contribution < -0.4 is 4.90 Å². The number of nitrogens with zero attached hydrogens (tertiary/aromatic N) is 2. The van der Waals surface area contributed by atoms with Gasteiger partial charge >= 0.3 is 0 Å². The molecule has 0 spiro atoms. The molecular weight excluding hydrogens is 697 g/mol. The van der Waals surface area contributed by atoms with E-state index in [9.17, 15) is 0 Å². The van der Waals surface area contributed by atoms with Crippen LogP contribution in [0.2, 0.25) is 0 Å². The first-order chi connectivity index (χ1) is 28.2. The van der Waals surface area contributed by atoms with E-state index < -0.39 is 0 Å². The van der Waals surface area contributed by atoms with Gasteiger partial charge in [0, 0.05) is 27.7 Å². The Morgan fingerprint density at radius 2 is 0.947 bits per heavy atom. The number of furan rings is 1. The van der Waals surface area contributed by atoms with Crippen LogP contribution in [0.3, 0.4) is 0 Å². The summed E-state index contributed by atoms with van der Waals surface area (Å²) >= 11 is 0. The van der Waals surface area contributed by atoms with E-state index in [0.29, 0.717) is 5.89 Å². The molecule has 0 bridgehead atoms. The normalized spacial score (nSPS) is 11.5. The number of rotatable bonds is 7. The fourth-order valence-corrected chi connectivity index (χ4v) is 8.09. The number of hydrogen-bond donors (Lipinski definition) is 0. The fraction of sp³-hybridized carbons (Fsp3) is 0. The minimum Gasteiger partial charge on any atom is -0.455 e. The van der Waals surface area contributed by atoms with Crippen LogP contribution in [0.1, 0.15) is 0 Å². The molecule has 2 aromatic heterocycles. The molecule has 9 aromatic carbocycles. The van der Waals surface area contributed by atoms with Gasteiger partial charge in [-0.2, -0.15) is 0 Å². The highest BCUT2D eigenvalue weighted by Gasteiger charge is 2.24. The highest BCUT2D eigenvalue weighted by molar-refractivity contribution is 6.22. The largest absolute Gasteiger partial charge is 0.455 e. The molecule has 0 aliphatic carbocycles.